The Balaban J connectivity index is 0.000000110. The Morgan fingerprint density at radius 2 is 0.788 bits per heavy atom. The summed E-state index contributed by atoms with van der Waals surface area (Å²) in [5.74, 6) is 0.947. The van der Waals surface area contributed by atoms with Gasteiger partial charge in [0.1, 0.15) is 89.9 Å². The lowest BCUT2D eigenvalue weighted by molar-refractivity contribution is -0.152. The molecule has 21 heteroatoms. The molecular formula is C97H108F2N6O11S2. The lowest BCUT2D eigenvalue weighted by Crippen LogP contribution is -2.43. The van der Waals surface area contributed by atoms with Gasteiger partial charge in [-0.05, 0) is 162 Å². The number of thiophene rings is 1. The first-order valence-electron chi connectivity index (χ1n) is 41.4. The molecule has 10 aliphatic rings. The van der Waals surface area contributed by atoms with Crippen molar-refractivity contribution in [1.29, 1.82) is 5.26 Å². The van der Waals surface area contributed by atoms with Gasteiger partial charge in [0, 0.05) is 66.7 Å². The van der Waals surface area contributed by atoms with Gasteiger partial charge in [0.25, 0.3) is 0 Å². The third-order valence-corrected chi connectivity index (χ3v) is 25.0. The summed E-state index contributed by atoms with van der Waals surface area (Å²) in [5, 5.41) is 33.2. The molecule has 12 heterocycles. The molecular weight excluding hydrogens is 1530 g/mol. The highest BCUT2D eigenvalue weighted by atomic mass is 32.2. The number of benzene rings is 8. The molecule has 15 atom stereocenters. The molecule has 0 bridgehead atoms. The zero-order chi connectivity index (χ0) is 82.0. The average Bonchev–Trinajstić information content (AvgIpc) is 0.898. The normalized spacial score (nSPS) is 26.2. The number of hydrogen-bond donors (Lipinski definition) is 5. The van der Waals surface area contributed by atoms with Crippen LogP contribution in [-0.2, 0) is 63.6 Å². The first-order chi connectivity index (χ1) is 57.0. The van der Waals surface area contributed by atoms with E-state index in [4.69, 9.17) is 57.0 Å². The van der Waals surface area contributed by atoms with E-state index in [1.165, 1.54) is 74.1 Å². The minimum Gasteiger partial charge on any atom is -0.467 e. The number of hydrogen-bond acceptors (Lipinski definition) is 19. The molecule has 0 amide bonds. The Bertz CT molecular complexity index is 5130. The number of nitrogens with zero attached hydrogens (tertiary/aromatic N) is 1. The van der Waals surface area contributed by atoms with E-state index in [0.29, 0.717) is 77.6 Å². The van der Waals surface area contributed by atoms with Gasteiger partial charge < -0.3 is 78.4 Å². The zero-order valence-corrected chi connectivity index (χ0v) is 70.6. The molecule has 8 aromatic carbocycles. The number of anilines is 5. The molecule has 5 N–H and O–H groups in total. The standard InChI is InChI=1S/2C21H24FNO2.C19H23NO3.C18H16N2O2S.C18H21NO2S/c1-21(2,3)14-7-8-17-16(12-14)19-20(25-10-9-24-19)18(23-17)13-5-4-6-15(22)11-13;1-21(2,3)13-8-9-17-15(12-13)19-20(25-11-10-24-19)18(23-17)14-6-4-5-7-16(14)22;1-19(2,3)12-6-7-14-13(11-12)17-18(23-10-9-22-17)16(20-14)15-5-4-8-21-15;19-11-23-13-6-7-15-14(10-13)17-18(22-9-8-21-17)16(20-15)12-4-2-1-3-5-12;1-11(2)12-3-4-15-14(9-12)17-18(21-7-6-20-17)16(19-15)13-5-8-22-10-13/h4-8,11-12,18-20,23H,9-10H2,1-3H3;4-9,12,18-20,23H,10-11H2,1-3H3;4-8,11,16-18,20H,9-10H2,1-3H3;1-7,10,16-18,20H,8-9H2;3-5,8-11,16-19H,6-7H2,1-2H3. The molecule has 10 aromatic rings. The molecule has 0 aliphatic carbocycles. The van der Waals surface area contributed by atoms with Crippen molar-refractivity contribution < 1.29 is 60.6 Å². The summed E-state index contributed by atoms with van der Waals surface area (Å²) in [6.45, 7) is 30.4. The van der Waals surface area contributed by atoms with Crippen LogP contribution in [0.25, 0.3) is 0 Å². The molecule has 618 valence electrons. The van der Waals surface area contributed by atoms with Crippen LogP contribution in [0.5, 0.6) is 0 Å². The number of nitriles is 1. The van der Waals surface area contributed by atoms with Gasteiger partial charge in [-0.1, -0.05) is 185 Å². The van der Waals surface area contributed by atoms with E-state index in [1.54, 1.807) is 35.8 Å². The van der Waals surface area contributed by atoms with Gasteiger partial charge in [0.15, 0.2) is 0 Å². The van der Waals surface area contributed by atoms with Crippen molar-refractivity contribution in [3.63, 3.8) is 0 Å². The average molecular weight is 1640 g/mol. The quantitative estimate of drug-likeness (QED) is 0.0748. The summed E-state index contributed by atoms with van der Waals surface area (Å²) in [5.41, 5.74) is 20.5. The van der Waals surface area contributed by atoms with Gasteiger partial charge in [0.2, 0.25) is 0 Å². The van der Waals surface area contributed by atoms with Crippen molar-refractivity contribution in [3.05, 3.63) is 295 Å². The summed E-state index contributed by atoms with van der Waals surface area (Å²) in [7, 11) is 0. The van der Waals surface area contributed by atoms with E-state index in [0.717, 1.165) is 55.7 Å². The number of furan rings is 1. The Hall–Kier alpha value is -8.96. The summed E-state index contributed by atoms with van der Waals surface area (Å²) in [4.78, 5) is 0.930. The van der Waals surface area contributed by atoms with E-state index in [1.807, 2.05) is 66.7 Å². The predicted molar refractivity (Wildman–Crippen MR) is 460 cm³/mol. The van der Waals surface area contributed by atoms with Gasteiger partial charge in [-0.2, -0.15) is 16.6 Å². The van der Waals surface area contributed by atoms with Crippen LogP contribution in [0.3, 0.4) is 0 Å². The van der Waals surface area contributed by atoms with Crippen LogP contribution in [0, 0.1) is 22.3 Å². The highest BCUT2D eigenvalue weighted by molar-refractivity contribution is 8.03. The molecule has 20 rings (SSSR count). The van der Waals surface area contributed by atoms with Crippen LogP contribution in [-0.4, -0.2) is 96.6 Å². The first kappa shape index (κ1) is 82.7. The fraction of sp³-hybridized carbons (Fsp3) is 0.412. The van der Waals surface area contributed by atoms with Crippen molar-refractivity contribution in [1.82, 2.24) is 0 Å². The highest BCUT2D eigenvalue weighted by Gasteiger charge is 2.48. The number of ether oxygens (including phenoxy) is 10. The third-order valence-electron chi connectivity index (χ3n) is 23.7. The van der Waals surface area contributed by atoms with Gasteiger partial charge >= 0.3 is 0 Å². The number of thioether (sulfide) groups is 1. The smallest absolute Gasteiger partial charge is 0.138 e. The van der Waals surface area contributed by atoms with Crippen molar-refractivity contribution in [2.75, 3.05) is 92.7 Å². The van der Waals surface area contributed by atoms with E-state index in [2.05, 4.69) is 210 Å². The van der Waals surface area contributed by atoms with Crippen LogP contribution in [0.2, 0.25) is 0 Å². The minimum atomic E-state index is -0.264. The van der Waals surface area contributed by atoms with Gasteiger partial charge in [0.05, 0.1) is 96.5 Å². The van der Waals surface area contributed by atoms with Crippen LogP contribution in [0.15, 0.2) is 214 Å². The Labute approximate surface area is 700 Å². The predicted octanol–water partition coefficient (Wildman–Crippen LogP) is 22.1. The monoisotopic (exact) mass is 1630 g/mol. The topological polar surface area (TPSA) is 189 Å². The highest BCUT2D eigenvalue weighted by Crippen LogP contribution is 2.52. The Morgan fingerprint density at radius 3 is 1.24 bits per heavy atom. The third kappa shape index (κ3) is 17.9. The maximum absolute atomic E-state index is 14.4. The lowest BCUT2D eigenvalue weighted by atomic mass is 9.82. The van der Waals surface area contributed by atoms with Crippen molar-refractivity contribution >= 4 is 51.5 Å². The maximum atomic E-state index is 14.4. The number of rotatable bonds is 7. The number of nitrogens with one attached hydrogen (secondary N) is 5. The zero-order valence-electron chi connectivity index (χ0n) is 68.9. The summed E-state index contributed by atoms with van der Waals surface area (Å²) in [6.07, 6.45) is 0.727. The van der Waals surface area contributed by atoms with Gasteiger partial charge in [-0.3, -0.25) is 0 Å². The van der Waals surface area contributed by atoms with E-state index >= 15 is 0 Å². The summed E-state index contributed by atoms with van der Waals surface area (Å²) >= 11 is 2.89. The number of fused-ring (bicyclic) bond motifs is 15. The summed E-state index contributed by atoms with van der Waals surface area (Å²) < 4.78 is 94.4. The van der Waals surface area contributed by atoms with Crippen LogP contribution in [0.1, 0.15) is 221 Å². The van der Waals surface area contributed by atoms with Gasteiger partial charge in [-0.25, -0.2) is 8.78 Å². The minimum absolute atomic E-state index is 0.0219. The maximum Gasteiger partial charge on any atom is 0.138 e. The molecule has 0 saturated carbocycles. The van der Waals surface area contributed by atoms with Crippen LogP contribution in [0.4, 0.5) is 37.2 Å². The van der Waals surface area contributed by atoms with E-state index < -0.39 is 0 Å². The Kier molecular flexibility index (Phi) is 25.1. The van der Waals surface area contributed by atoms with Crippen molar-refractivity contribution in [2.45, 2.75) is 194 Å². The second kappa shape index (κ2) is 35.8. The van der Waals surface area contributed by atoms with Gasteiger partial charge in [-0.15, -0.1) is 0 Å². The molecule has 17 nitrogen and oxygen atoms in total. The Morgan fingerprint density at radius 1 is 0.381 bits per heavy atom. The SMILES string of the molecule is CC(C)(C)c1ccc2c(c1)C1OCCOC1C(c1cccc(F)c1)N2.CC(C)(C)c1ccc2c(c1)C1OCCOC1C(c1ccccc1F)N2.CC(C)(C)c1ccc2c(c1)C1OCCOC1C(c1ccco1)N2.CC(C)c1ccc2c(c1)C1OCCOC1C(c1ccsc1)N2.N#CSc1ccc2c(c1)C1OCCOC1C(c1ccccc1)N2. The molecule has 118 heavy (non-hydrogen) atoms. The molecule has 0 radical (unpaired) electrons. The molecule has 0 spiro atoms. The number of halogens is 2. The molecule has 15 unspecified atom stereocenters. The fourth-order valence-corrected chi connectivity index (χ4v) is 18.6. The molecule has 5 fully saturated rings. The van der Waals surface area contributed by atoms with Crippen molar-refractivity contribution in [3.8, 4) is 5.40 Å². The molecule has 2 aromatic heterocycles. The fourth-order valence-electron chi connectivity index (χ4n) is 17.5. The van der Waals surface area contributed by atoms with Crippen LogP contribution >= 0.6 is 23.1 Å². The molecule has 10 aliphatic heterocycles. The van der Waals surface area contributed by atoms with Crippen LogP contribution < -0.4 is 26.6 Å². The summed E-state index contributed by atoms with van der Waals surface area (Å²) in [6, 6.07) is 62.0. The largest absolute Gasteiger partial charge is 0.467 e. The van der Waals surface area contributed by atoms with E-state index in [-0.39, 0.29) is 119 Å². The molecule has 5 saturated heterocycles. The second-order valence-corrected chi connectivity index (χ2v) is 36.5. The van der Waals surface area contributed by atoms with E-state index in [9.17, 15) is 8.78 Å². The number of thiocyanates is 1. The van der Waals surface area contributed by atoms with Crippen molar-refractivity contribution in [2.24, 2.45) is 0 Å². The lowest BCUT2D eigenvalue weighted by Gasteiger charge is -2.43. The second-order valence-electron chi connectivity index (χ2n) is 34.9. The first-order valence-corrected chi connectivity index (χ1v) is 43.1.